The summed E-state index contributed by atoms with van der Waals surface area (Å²) in [5, 5.41) is 25.9. The van der Waals surface area contributed by atoms with Crippen LogP contribution in [0.15, 0.2) is 35.7 Å². The van der Waals surface area contributed by atoms with Gasteiger partial charge in [-0.05, 0) is 41.4 Å². The predicted molar refractivity (Wildman–Crippen MR) is 99.4 cm³/mol. The maximum Gasteiger partial charge on any atom is 0.437 e. The molecule has 2 heterocycles. The van der Waals surface area contributed by atoms with Gasteiger partial charge in [0, 0.05) is 0 Å². The summed E-state index contributed by atoms with van der Waals surface area (Å²) in [6.45, 7) is 0. The average molecular weight is 432 g/mol. The molecule has 4 N–H and O–H groups in total. The number of aliphatic hydroxyl groups is 1. The summed E-state index contributed by atoms with van der Waals surface area (Å²) in [6.07, 6.45) is -5.20. The average Bonchev–Trinajstić information content (AvgIpc) is 3.15. The molecule has 150 valence electrons. The Hall–Kier alpha value is -2.37. The Morgan fingerprint density at radius 2 is 2.07 bits per heavy atom. The van der Waals surface area contributed by atoms with Gasteiger partial charge < -0.3 is 25.6 Å². The summed E-state index contributed by atoms with van der Waals surface area (Å²) in [4.78, 5) is 13.0. The van der Waals surface area contributed by atoms with Gasteiger partial charge in [-0.1, -0.05) is 12.1 Å². The molecular formula is C17H15F3N2O4S2. The van der Waals surface area contributed by atoms with Crippen molar-refractivity contribution in [3.05, 3.63) is 46.2 Å². The highest BCUT2D eigenvalue weighted by atomic mass is 32.1. The highest BCUT2D eigenvalue weighted by molar-refractivity contribution is 7.80. The molecule has 1 aliphatic heterocycles. The second kappa shape index (κ2) is 7.22. The second-order valence-electron chi connectivity index (χ2n) is 6.09. The zero-order chi connectivity index (χ0) is 20.7. The van der Waals surface area contributed by atoms with Crippen molar-refractivity contribution in [3.63, 3.8) is 0 Å². The van der Waals surface area contributed by atoms with Crippen LogP contribution in [0.25, 0.3) is 0 Å². The molecule has 6 nitrogen and oxygen atoms in total. The Kier molecular flexibility index (Phi) is 5.26. The number of thiocarbonyl (C=S) groups is 1. The number of carbonyl (C=O) groups is 1. The fourth-order valence-electron chi connectivity index (χ4n) is 3.08. The monoisotopic (exact) mass is 432 g/mol. The van der Waals surface area contributed by atoms with Crippen molar-refractivity contribution >= 4 is 34.5 Å². The van der Waals surface area contributed by atoms with Crippen molar-refractivity contribution in [1.82, 2.24) is 10.6 Å². The molecule has 3 atom stereocenters. The number of benzene rings is 1. The van der Waals surface area contributed by atoms with E-state index in [0.717, 1.165) is 11.3 Å². The molecule has 11 heteroatoms. The van der Waals surface area contributed by atoms with Gasteiger partial charge in [-0.15, -0.1) is 11.3 Å². The first kappa shape index (κ1) is 20.4. The number of methoxy groups -OCH3 is 1. The Bertz CT molecular complexity index is 904. The number of Topliss-reactive ketones (excluding diaryl/α,β-unsaturated/α-hetero) is 1. The third-order valence-corrected chi connectivity index (χ3v) is 5.52. The number of phenols is 1. The summed E-state index contributed by atoms with van der Waals surface area (Å²) >= 11 is 5.82. The smallest absolute Gasteiger partial charge is 0.437 e. The van der Waals surface area contributed by atoms with Crippen molar-refractivity contribution in [2.75, 3.05) is 7.11 Å². The number of phenolic OH excluding ortho intramolecular Hbond substituents is 1. The van der Waals surface area contributed by atoms with E-state index in [1.807, 2.05) is 5.32 Å². The number of hydrogen-bond acceptors (Lipinski definition) is 6. The van der Waals surface area contributed by atoms with Crippen molar-refractivity contribution in [3.8, 4) is 11.5 Å². The number of ketones is 1. The van der Waals surface area contributed by atoms with Crippen molar-refractivity contribution in [2.45, 2.75) is 17.9 Å². The molecule has 0 unspecified atom stereocenters. The van der Waals surface area contributed by atoms with Crippen molar-refractivity contribution in [1.29, 1.82) is 0 Å². The van der Waals surface area contributed by atoms with Crippen molar-refractivity contribution in [2.24, 2.45) is 5.92 Å². The van der Waals surface area contributed by atoms with Gasteiger partial charge in [0.1, 0.15) is 5.92 Å². The van der Waals surface area contributed by atoms with Gasteiger partial charge in [0.05, 0.1) is 18.0 Å². The first-order valence-electron chi connectivity index (χ1n) is 7.91. The maximum absolute atomic E-state index is 13.8. The van der Waals surface area contributed by atoms with Crippen LogP contribution in [0.5, 0.6) is 11.5 Å². The third kappa shape index (κ3) is 3.40. The molecule has 1 saturated heterocycles. The standard InChI is InChI=1S/C17H15F3N2O4S2/c1-26-10-7-8(4-5-9(10)23)13-12(14(24)11-3-2-6-28-11)16(25,17(18,19)20)22-15(27)21-13/h2-7,12-13,23,25H,1H3,(H2,21,22,27)/t12-,13+,16+/m1/s1. The molecule has 0 radical (unpaired) electrons. The number of nitrogens with one attached hydrogen (secondary N) is 2. The van der Waals surface area contributed by atoms with Crippen LogP contribution in [0.3, 0.4) is 0 Å². The highest BCUT2D eigenvalue weighted by Gasteiger charge is 2.65. The van der Waals surface area contributed by atoms with Gasteiger partial charge in [0.15, 0.2) is 22.4 Å². The first-order chi connectivity index (χ1) is 13.1. The van der Waals surface area contributed by atoms with Gasteiger partial charge in [0.2, 0.25) is 5.72 Å². The maximum atomic E-state index is 13.8. The first-order valence-corrected chi connectivity index (χ1v) is 9.19. The molecule has 1 aliphatic rings. The normalized spacial score (nSPS) is 25.0. The number of thiophene rings is 1. The quantitative estimate of drug-likeness (QED) is 0.436. The molecule has 1 fully saturated rings. The molecule has 3 rings (SSSR count). The number of rotatable bonds is 4. The summed E-state index contributed by atoms with van der Waals surface area (Å²) in [5.74, 6) is -3.13. The Morgan fingerprint density at radius 1 is 1.36 bits per heavy atom. The Labute approximate surface area is 166 Å². The molecule has 28 heavy (non-hydrogen) atoms. The molecule has 0 saturated carbocycles. The number of hydrogen-bond donors (Lipinski definition) is 4. The largest absolute Gasteiger partial charge is 0.504 e. The van der Waals surface area contributed by atoms with Gasteiger partial charge >= 0.3 is 6.18 Å². The molecule has 1 aromatic carbocycles. The van der Waals surface area contributed by atoms with Crippen LogP contribution in [-0.4, -0.2) is 40.1 Å². The van der Waals surface area contributed by atoms with Gasteiger partial charge in [-0.3, -0.25) is 4.79 Å². The number of alkyl halides is 3. The molecule has 0 amide bonds. The lowest BCUT2D eigenvalue weighted by molar-refractivity contribution is -0.285. The van der Waals surface area contributed by atoms with Crippen LogP contribution in [0.4, 0.5) is 13.2 Å². The SMILES string of the molecule is COc1cc([C@@H]2NC(=S)N[C@@](O)(C(F)(F)F)[C@H]2C(=O)c2cccs2)ccc1O. The molecule has 0 spiro atoms. The predicted octanol–water partition coefficient (Wildman–Crippen LogP) is 2.73. The lowest BCUT2D eigenvalue weighted by Gasteiger charge is -2.46. The summed E-state index contributed by atoms with van der Waals surface area (Å²) in [6, 6.07) is 5.41. The molecular weight excluding hydrogens is 417 g/mol. The minimum atomic E-state index is -5.20. The lowest BCUT2D eigenvalue weighted by atomic mass is 9.78. The van der Waals surface area contributed by atoms with Crippen LogP contribution >= 0.6 is 23.6 Å². The van der Waals surface area contributed by atoms with Crippen LogP contribution in [0.2, 0.25) is 0 Å². The van der Waals surface area contributed by atoms with Crippen LogP contribution in [0, 0.1) is 5.92 Å². The second-order valence-corrected chi connectivity index (χ2v) is 7.45. The topological polar surface area (TPSA) is 90.8 Å². The van der Waals surface area contributed by atoms with Crippen LogP contribution < -0.4 is 15.4 Å². The van der Waals surface area contributed by atoms with E-state index >= 15 is 0 Å². The zero-order valence-corrected chi connectivity index (χ0v) is 15.9. The van der Waals surface area contributed by atoms with E-state index in [0.29, 0.717) is 0 Å². The van der Waals surface area contributed by atoms with Gasteiger partial charge in [-0.25, -0.2) is 0 Å². The van der Waals surface area contributed by atoms with E-state index in [2.05, 4.69) is 5.32 Å². The zero-order valence-electron chi connectivity index (χ0n) is 14.3. The van der Waals surface area contributed by atoms with Gasteiger partial charge in [0.25, 0.3) is 0 Å². The fraction of sp³-hybridized carbons (Fsp3) is 0.294. The molecule has 2 aromatic rings. The van der Waals surface area contributed by atoms with E-state index in [9.17, 15) is 28.2 Å². The highest BCUT2D eigenvalue weighted by Crippen LogP contribution is 2.45. The van der Waals surface area contributed by atoms with Gasteiger partial charge in [-0.2, -0.15) is 13.2 Å². The van der Waals surface area contributed by atoms with Crippen LogP contribution in [0.1, 0.15) is 21.3 Å². The van der Waals surface area contributed by atoms with E-state index in [1.165, 1.54) is 37.4 Å². The number of ether oxygens (including phenoxy) is 1. The fourth-order valence-corrected chi connectivity index (χ4v) is 4.06. The summed E-state index contributed by atoms with van der Waals surface area (Å²) < 4.78 is 46.5. The van der Waals surface area contributed by atoms with E-state index < -0.39 is 34.8 Å². The minimum absolute atomic E-state index is 0.00150. The van der Waals surface area contributed by atoms with E-state index in [1.54, 1.807) is 5.38 Å². The van der Waals surface area contributed by atoms with Crippen molar-refractivity contribution < 1.29 is 32.9 Å². The lowest BCUT2D eigenvalue weighted by Crippen LogP contribution is -2.72. The van der Waals surface area contributed by atoms with Crippen LogP contribution in [-0.2, 0) is 0 Å². The molecule has 0 aliphatic carbocycles. The number of halogens is 3. The number of aromatic hydroxyl groups is 1. The summed E-state index contributed by atoms with van der Waals surface area (Å²) in [5.41, 5.74) is -3.41. The Balaban J connectivity index is 2.17. The Morgan fingerprint density at radius 3 is 2.64 bits per heavy atom. The molecule has 0 bridgehead atoms. The minimum Gasteiger partial charge on any atom is -0.504 e. The van der Waals surface area contributed by atoms with E-state index in [-0.39, 0.29) is 21.9 Å². The van der Waals surface area contributed by atoms with E-state index in [4.69, 9.17) is 17.0 Å². The molecule has 1 aromatic heterocycles. The third-order valence-electron chi connectivity index (χ3n) is 4.42. The summed E-state index contributed by atoms with van der Waals surface area (Å²) in [7, 11) is 1.28. The number of carbonyl (C=O) groups excluding carboxylic acids is 1.